The molecule has 0 bridgehead atoms. The van der Waals surface area contributed by atoms with E-state index in [1.807, 2.05) is 21.3 Å². The minimum absolute atomic E-state index is 0.191. The minimum Gasteiger partial charge on any atom is -0.379 e. The maximum absolute atomic E-state index is 13.5. The SMILES string of the molecule is N#CN=C(N)N(CCCCCCCCN(CCCN1CCOCC1)S(=O)(=O)C1CCCCC1)c1ccncc1. The molecule has 11 heteroatoms. The molecule has 0 amide bonds. The summed E-state index contributed by atoms with van der Waals surface area (Å²) in [5, 5.41) is 8.69. The van der Waals surface area contributed by atoms with Crippen molar-refractivity contribution in [2.24, 2.45) is 10.7 Å². The molecule has 0 atom stereocenters. The highest BCUT2D eigenvalue weighted by Gasteiger charge is 2.32. The lowest BCUT2D eigenvalue weighted by Crippen LogP contribution is -2.42. The van der Waals surface area contributed by atoms with E-state index in [1.165, 1.54) is 0 Å². The number of hydrogen-bond acceptors (Lipinski definition) is 7. The Morgan fingerprint density at radius 1 is 1.00 bits per heavy atom. The molecule has 0 unspecified atom stereocenters. The van der Waals surface area contributed by atoms with E-state index in [9.17, 15) is 8.42 Å². The predicted molar refractivity (Wildman–Crippen MR) is 156 cm³/mol. The third-order valence-electron chi connectivity index (χ3n) is 7.77. The number of hydrogen-bond donors (Lipinski definition) is 1. The van der Waals surface area contributed by atoms with Gasteiger partial charge in [0.15, 0.2) is 0 Å². The minimum atomic E-state index is -3.24. The summed E-state index contributed by atoms with van der Waals surface area (Å²) in [6.07, 6.45) is 16.9. The van der Waals surface area contributed by atoms with E-state index in [1.54, 1.807) is 18.6 Å². The van der Waals surface area contributed by atoms with E-state index in [4.69, 9.17) is 15.7 Å². The monoisotopic (exact) mass is 561 g/mol. The summed E-state index contributed by atoms with van der Waals surface area (Å²) >= 11 is 0. The number of anilines is 1. The molecule has 0 aromatic carbocycles. The fourth-order valence-electron chi connectivity index (χ4n) is 5.51. The van der Waals surface area contributed by atoms with Gasteiger partial charge in [0.1, 0.15) is 0 Å². The first kappa shape index (κ1) is 31.3. The molecule has 3 rings (SSSR count). The number of nitriles is 1. The largest absolute Gasteiger partial charge is 0.379 e. The van der Waals surface area contributed by atoms with Gasteiger partial charge in [0, 0.05) is 50.8 Å². The topological polar surface area (TPSA) is 128 Å². The number of nitrogens with zero attached hydrogens (tertiary/aromatic N) is 6. The maximum atomic E-state index is 13.5. The zero-order valence-electron chi connectivity index (χ0n) is 23.4. The van der Waals surface area contributed by atoms with Crippen molar-refractivity contribution in [3.8, 4) is 6.19 Å². The fraction of sp³-hybridized carbons (Fsp3) is 0.750. The Morgan fingerprint density at radius 3 is 2.28 bits per heavy atom. The highest BCUT2D eigenvalue weighted by molar-refractivity contribution is 7.89. The van der Waals surface area contributed by atoms with Crippen LogP contribution in [0, 0.1) is 11.5 Å². The quantitative estimate of drug-likeness (QED) is 0.140. The number of pyridine rings is 1. The van der Waals surface area contributed by atoms with Crippen molar-refractivity contribution in [2.45, 2.75) is 82.3 Å². The van der Waals surface area contributed by atoms with E-state index in [0.717, 1.165) is 116 Å². The van der Waals surface area contributed by atoms with E-state index >= 15 is 0 Å². The van der Waals surface area contributed by atoms with E-state index < -0.39 is 10.0 Å². The molecule has 10 nitrogen and oxygen atoms in total. The molecule has 1 aliphatic carbocycles. The molecule has 0 spiro atoms. The number of nitrogens with two attached hydrogens (primary N) is 1. The normalized spacial score (nSPS) is 17.8. The highest BCUT2D eigenvalue weighted by Crippen LogP contribution is 2.26. The van der Waals surface area contributed by atoms with Gasteiger partial charge in [-0.1, -0.05) is 44.9 Å². The van der Waals surface area contributed by atoms with E-state index in [-0.39, 0.29) is 11.2 Å². The van der Waals surface area contributed by atoms with Crippen LogP contribution >= 0.6 is 0 Å². The van der Waals surface area contributed by atoms with Crippen LogP contribution in [0.4, 0.5) is 5.69 Å². The summed E-state index contributed by atoms with van der Waals surface area (Å²) in [5.74, 6) is 0.191. The van der Waals surface area contributed by atoms with Gasteiger partial charge in [-0.15, -0.1) is 4.99 Å². The van der Waals surface area contributed by atoms with Crippen molar-refractivity contribution >= 4 is 21.7 Å². The molecule has 2 fully saturated rings. The van der Waals surface area contributed by atoms with Crippen LogP contribution in [0.3, 0.4) is 0 Å². The number of rotatable bonds is 16. The van der Waals surface area contributed by atoms with Gasteiger partial charge in [-0.3, -0.25) is 9.88 Å². The second kappa shape index (κ2) is 17.4. The Morgan fingerprint density at radius 2 is 1.62 bits per heavy atom. The molecule has 39 heavy (non-hydrogen) atoms. The Kier molecular flexibility index (Phi) is 14.0. The summed E-state index contributed by atoms with van der Waals surface area (Å²) in [5.41, 5.74) is 6.88. The Bertz CT molecular complexity index is 988. The first-order valence-electron chi connectivity index (χ1n) is 14.7. The lowest BCUT2D eigenvalue weighted by atomic mass is 10.0. The number of aliphatic imine (C=N–C) groups is 1. The van der Waals surface area contributed by atoms with Crippen molar-refractivity contribution in [1.29, 1.82) is 5.26 Å². The number of morpholine rings is 1. The Labute approximate surface area is 235 Å². The summed E-state index contributed by atoms with van der Waals surface area (Å²) in [7, 11) is -3.24. The van der Waals surface area contributed by atoms with Crippen LogP contribution in [-0.2, 0) is 14.8 Å². The highest BCUT2D eigenvalue weighted by atomic mass is 32.2. The van der Waals surface area contributed by atoms with Gasteiger partial charge >= 0.3 is 0 Å². The third-order valence-corrected chi connectivity index (χ3v) is 10.2. The summed E-state index contributed by atoms with van der Waals surface area (Å²) < 4.78 is 34.2. The molecule has 2 aliphatic rings. The smallest absolute Gasteiger partial charge is 0.216 e. The van der Waals surface area contributed by atoms with E-state index in [2.05, 4.69) is 14.9 Å². The molecule has 1 saturated carbocycles. The molecule has 2 N–H and O–H groups in total. The fourth-order valence-corrected chi connectivity index (χ4v) is 7.63. The molecule has 1 saturated heterocycles. The Hall–Kier alpha value is -2.26. The first-order chi connectivity index (χ1) is 19.0. The zero-order chi connectivity index (χ0) is 27.8. The van der Waals surface area contributed by atoms with Crippen molar-refractivity contribution < 1.29 is 13.2 Å². The number of sulfonamides is 1. The first-order valence-corrected chi connectivity index (χ1v) is 16.2. The maximum Gasteiger partial charge on any atom is 0.216 e. The molecular formula is C28H47N7O3S. The standard InChI is InChI=1S/C28H47N7O3S/c29-25-32-28(30)35(26-13-15-31-16-14-26)20-9-4-2-1-3-8-18-34(19-10-17-33-21-23-38-24-22-33)39(36,37)27-11-6-5-7-12-27/h13-16,27H,1-12,17-24H2,(H2,30,32). The lowest BCUT2D eigenvalue weighted by Gasteiger charge is -2.31. The molecule has 2 heterocycles. The molecular weight excluding hydrogens is 514 g/mol. The van der Waals surface area contributed by atoms with Crippen LogP contribution in [0.25, 0.3) is 0 Å². The number of unbranched alkanes of at least 4 members (excludes halogenated alkanes) is 5. The van der Waals surface area contributed by atoms with Crippen LogP contribution in [-0.4, -0.2) is 86.3 Å². The van der Waals surface area contributed by atoms with Crippen LogP contribution in [0.2, 0.25) is 0 Å². The summed E-state index contributed by atoms with van der Waals surface area (Å²) in [4.78, 5) is 12.0. The third kappa shape index (κ3) is 10.7. The predicted octanol–water partition coefficient (Wildman–Crippen LogP) is 3.71. The van der Waals surface area contributed by atoms with Crippen molar-refractivity contribution in [3.05, 3.63) is 24.5 Å². The van der Waals surface area contributed by atoms with Gasteiger partial charge < -0.3 is 15.4 Å². The van der Waals surface area contributed by atoms with Crippen LogP contribution < -0.4 is 10.6 Å². The van der Waals surface area contributed by atoms with Crippen LogP contribution in [0.5, 0.6) is 0 Å². The van der Waals surface area contributed by atoms with Gasteiger partial charge in [0.05, 0.1) is 18.5 Å². The van der Waals surface area contributed by atoms with Gasteiger partial charge in [-0.2, -0.15) is 5.26 Å². The summed E-state index contributed by atoms with van der Waals surface area (Å²) in [6.45, 7) is 6.27. The van der Waals surface area contributed by atoms with Gasteiger partial charge in [-0.05, 0) is 50.8 Å². The average Bonchev–Trinajstić information content (AvgIpc) is 2.97. The van der Waals surface area contributed by atoms with Crippen molar-refractivity contribution in [2.75, 3.05) is 57.4 Å². The van der Waals surface area contributed by atoms with E-state index in [0.29, 0.717) is 19.6 Å². The lowest BCUT2D eigenvalue weighted by molar-refractivity contribution is 0.0369. The second-order valence-corrected chi connectivity index (χ2v) is 12.8. The number of guanidine groups is 1. The van der Waals surface area contributed by atoms with Crippen LogP contribution in [0.15, 0.2) is 29.5 Å². The second-order valence-electron chi connectivity index (χ2n) is 10.6. The molecule has 1 aliphatic heterocycles. The average molecular weight is 562 g/mol. The number of aromatic nitrogens is 1. The zero-order valence-corrected chi connectivity index (χ0v) is 24.2. The number of ether oxygens (including phenoxy) is 1. The van der Waals surface area contributed by atoms with Crippen molar-refractivity contribution in [1.82, 2.24) is 14.2 Å². The molecule has 0 radical (unpaired) electrons. The van der Waals surface area contributed by atoms with Gasteiger partial charge in [-0.25, -0.2) is 12.7 Å². The summed E-state index contributed by atoms with van der Waals surface area (Å²) in [6, 6.07) is 3.71. The molecule has 1 aromatic heterocycles. The Balaban J connectivity index is 1.40. The van der Waals surface area contributed by atoms with Gasteiger partial charge in [0.25, 0.3) is 0 Å². The molecule has 1 aromatic rings. The van der Waals surface area contributed by atoms with Crippen molar-refractivity contribution in [3.63, 3.8) is 0 Å². The molecule has 218 valence electrons. The van der Waals surface area contributed by atoms with Crippen LogP contribution in [0.1, 0.15) is 77.0 Å². The van der Waals surface area contributed by atoms with Gasteiger partial charge in [0.2, 0.25) is 22.2 Å².